The van der Waals surface area contributed by atoms with Crippen molar-refractivity contribution in [2.75, 3.05) is 6.61 Å². The van der Waals surface area contributed by atoms with Gasteiger partial charge in [0.05, 0.1) is 6.61 Å². The molecule has 1 aliphatic heterocycles. The fourth-order valence-corrected chi connectivity index (χ4v) is 1.89. The molecule has 1 aromatic heterocycles. The van der Waals surface area contributed by atoms with Crippen molar-refractivity contribution >= 4 is 0 Å². The molecule has 4 N–H and O–H groups in total. The molecule has 0 saturated carbocycles. The van der Waals surface area contributed by atoms with Crippen LogP contribution < -0.4 is 11.2 Å². The van der Waals surface area contributed by atoms with Crippen LogP contribution in [-0.4, -0.2) is 49.8 Å². The highest BCUT2D eigenvalue weighted by Crippen LogP contribution is 2.27. The van der Waals surface area contributed by atoms with E-state index >= 15 is 0 Å². The lowest BCUT2D eigenvalue weighted by Crippen LogP contribution is -2.38. The fourth-order valence-electron chi connectivity index (χ4n) is 1.89. The number of aliphatic hydroxyl groups is 3. The second-order valence-corrected chi connectivity index (χ2v) is 4.08. The molecule has 4 atom stereocenters. The summed E-state index contributed by atoms with van der Waals surface area (Å²) >= 11 is 0. The average Bonchev–Trinajstić information content (AvgIpc) is 2.67. The van der Waals surface area contributed by atoms with Crippen LogP contribution in [0.1, 0.15) is 11.8 Å². The second-order valence-electron chi connectivity index (χ2n) is 4.08. The highest BCUT2D eigenvalue weighted by Gasteiger charge is 2.43. The Bertz CT molecular complexity index is 627. The number of terminal acetylenes is 1. The van der Waals surface area contributed by atoms with E-state index in [2.05, 4.69) is 5.92 Å². The molecule has 1 aliphatic rings. The fraction of sp³-hybridized carbons (Fsp3) is 0.455. The molecule has 2 rings (SSSR count). The Balaban J connectivity index is 2.46. The van der Waals surface area contributed by atoms with Gasteiger partial charge in [0, 0.05) is 6.20 Å². The number of nitrogens with one attached hydrogen (secondary N) is 1. The van der Waals surface area contributed by atoms with Crippen LogP contribution in [0.15, 0.2) is 15.8 Å². The van der Waals surface area contributed by atoms with E-state index in [0.29, 0.717) is 0 Å². The number of aromatic amines is 1. The number of hydrogen-bond donors (Lipinski definition) is 4. The first-order chi connectivity index (χ1) is 8.99. The van der Waals surface area contributed by atoms with E-state index in [1.165, 1.54) is 0 Å². The first-order valence-electron chi connectivity index (χ1n) is 5.44. The van der Waals surface area contributed by atoms with Gasteiger partial charge in [-0.3, -0.25) is 14.3 Å². The van der Waals surface area contributed by atoms with Crippen LogP contribution in [0.5, 0.6) is 0 Å². The molecule has 0 amide bonds. The number of nitrogens with zero attached hydrogens (tertiary/aromatic N) is 1. The van der Waals surface area contributed by atoms with Crippen molar-refractivity contribution in [3.05, 3.63) is 32.6 Å². The van der Waals surface area contributed by atoms with E-state index in [1.54, 1.807) is 0 Å². The Labute approximate surface area is 106 Å². The van der Waals surface area contributed by atoms with Gasteiger partial charge in [-0.1, -0.05) is 5.92 Å². The normalized spacial score (nSPS) is 30.2. The highest BCUT2D eigenvalue weighted by molar-refractivity contribution is 5.26. The van der Waals surface area contributed by atoms with Gasteiger partial charge < -0.3 is 20.1 Å². The van der Waals surface area contributed by atoms with Crippen LogP contribution in [0, 0.1) is 12.3 Å². The lowest BCUT2D eigenvalue weighted by Gasteiger charge is -2.17. The van der Waals surface area contributed by atoms with Crippen LogP contribution in [-0.2, 0) is 4.74 Å². The molecule has 0 spiro atoms. The first kappa shape index (κ1) is 13.5. The van der Waals surface area contributed by atoms with Gasteiger partial charge in [-0.25, -0.2) is 4.79 Å². The maximum absolute atomic E-state index is 11.6. The summed E-state index contributed by atoms with van der Waals surface area (Å²) in [5, 5.41) is 28.3. The Hall–Kier alpha value is -1.92. The molecule has 1 fully saturated rings. The van der Waals surface area contributed by atoms with Crippen LogP contribution in [0.2, 0.25) is 0 Å². The minimum absolute atomic E-state index is 0.114. The van der Waals surface area contributed by atoms with Gasteiger partial charge in [0.25, 0.3) is 5.56 Å². The third-order valence-corrected chi connectivity index (χ3v) is 2.91. The predicted octanol–water partition coefficient (Wildman–Crippen LogP) is -2.87. The standard InChI is InChI=1S/C11H12N2O6/c1-2-5-3-13(11(18)12-9(5)17)10-8(16)7(15)6(4-14)19-10/h1,3,6-8,10,14-16H,4H2,(H,12,17,18)/t6-,7+,8+,10-/m1/s1/i2+1. The highest BCUT2D eigenvalue weighted by atomic mass is 16.6. The van der Waals surface area contributed by atoms with Crippen LogP contribution >= 0.6 is 0 Å². The van der Waals surface area contributed by atoms with Gasteiger partial charge in [-0.15, -0.1) is 6.42 Å². The summed E-state index contributed by atoms with van der Waals surface area (Å²) in [4.78, 5) is 24.9. The molecule has 2 heterocycles. The number of hydrogen-bond acceptors (Lipinski definition) is 6. The van der Waals surface area contributed by atoms with Crippen LogP contribution in [0.25, 0.3) is 0 Å². The summed E-state index contributed by atoms with van der Waals surface area (Å²) in [6.45, 7) is -0.519. The molecule has 19 heavy (non-hydrogen) atoms. The lowest BCUT2D eigenvalue weighted by molar-refractivity contribution is -0.0550. The predicted molar refractivity (Wildman–Crippen MR) is 62.3 cm³/mol. The maximum atomic E-state index is 11.6. The SMILES string of the molecule is C#[13C]c1cn([C@@H]2O[C@H](CO)[C@H](O)[C@@H]2O)c(=O)[nH]c1=O. The van der Waals surface area contributed by atoms with E-state index in [0.717, 1.165) is 10.8 Å². The average molecular weight is 269 g/mol. The quantitative estimate of drug-likeness (QED) is 0.338. The van der Waals surface area contributed by atoms with E-state index < -0.39 is 42.4 Å². The van der Waals surface area contributed by atoms with Crippen molar-refractivity contribution in [1.29, 1.82) is 0 Å². The first-order valence-corrected chi connectivity index (χ1v) is 5.44. The molecule has 0 aliphatic carbocycles. The number of ether oxygens (including phenoxy) is 1. The Morgan fingerprint density at radius 1 is 1.42 bits per heavy atom. The minimum atomic E-state index is -1.42. The molecular weight excluding hydrogens is 257 g/mol. The summed E-state index contributed by atoms with van der Waals surface area (Å²) in [7, 11) is 0. The van der Waals surface area contributed by atoms with Gasteiger partial charge in [0.15, 0.2) is 6.23 Å². The number of aromatic nitrogens is 2. The maximum Gasteiger partial charge on any atom is 0.330 e. The summed E-state index contributed by atoms with van der Waals surface area (Å²) in [5.41, 5.74) is -1.67. The third kappa shape index (κ3) is 2.20. The summed E-state index contributed by atoms with van der Waals surface area (Å²) in [6.07, 6.45) is 1.14. The molecule has 1 aromatic rings. The van der Waals surface area contributed by atoms with E-state index in [9.17, 15) is 19.8 Å². The van der Waals surface area contributed by atoms with Crippen LogP contribution in [0.4, 0.5) is 0 Å². The van der Waals surface area contributed by atoms with Gasteiger partial charge in [-0.05, 0) is 0 Å². The molecule has 8 heteroatoms. The van der Waals surface area contributed by atoms with Gasteiger partial charge >= 0.3 is 5.69 Å². The zero-order valence-corrected chi connectivity index (χ0v) is 9.68. The third-order valence-electron chi connectivity index (χ3n) is 2.91. The smallest absolute Gasteiger partial charge is 0.330 e. The van der Waals surface area contributed by atoms with Crippen LogP contribution in [0.3, 0.4) is 0 Å². The number of aliphatic hydroxyl groups excluding tert-OH is 3. The molecule has 102 valence electrons. The molecule has 0 unspecified atom stereocenters. The number of rotatable bonds is 2. The molecule has 0 bridgehead atoms. The lowest BCUT2D eigenvalue weighted by atomic mass is 10.1. The van der Waals surface area contributed by atoms with Crippen molar-refractivity contribution in [1.82, 2.24) is 9.55 Å². The molecule has 8 nitrogen and oxygen atoms in total. The molecule has 1 saturated heterocycles. The zero-order chi connectivity index (χ0) is 14.2. The van der Waals surface area contributed by atoms with Crippen molar-refractivity contribution in [2.24, 2.45) is 0 Å². The van der Waals surface area contributed by atoms with E-state index in [4.69, 9.17) is 16.3 Å². The van der Waals surface area contributed by atoms with Crippen molar-refractivity contribution in [2.45, 2.75) is 24.5 Å². The molecular formula is C11H12N2O6. The Morgan fingerprint density at radius 3 is 2.63 bits per heavy atom. The van der Waals surface area contributed by atoms with Gasteiger partial charge in [-0.2, -0.15) is 0 Å². The van der Waals surface area contributed by atoms with Crippen molar-refractivity contribution in [3.63, 3.8) is 0 Å². The van der Waals surface area contributed by atoms with Crippen molar-refractivity contribution < 1.29 is 20.1 Å². The molecule has 0 aromatic carbocycles. The Kier molecular flexibility index (Phi) is 3.55. The molecule has 0 radical (unpaired) electrons. The second kappa shape index (κ2) is 4.99. The Morgan fingerprint density at radius 2 is 2.11 bits per heavy atom. The zero-order valence-electron chi connectivity index (χ0n) is 9.68. The number of H-pyrrole nitrogens is 1. The van der Waals surface area contributed by atoms with Gasteiger partial charge in [0.2, 0.25) is 0 Å². The van der Waals surface area contributed by atoms with Gasteiger partial charge in [0.1, 0.15) is 23.9 Å². The van der Waals surface area contributed by atoms with Crippen molar-refractivity contribution in [3.8, 4) is 12.3 Å². The largest absolute Gasteiger partial charge is 0.394 e. The summed E-state index contributed by atoms with van der Waals surface area (Å²) in [6, 6.07) is 0. The van der Waals surface area contributed by atoms with E-state index in [1.807, 2.05) is 4.98 Å². The van der Waals surface area contributed by atoms with E-state index in [-0.39, 0.29) is 5.56 Å². The minimum Gasteiger partial charge on any atom is -0.394 e. The topological polar surface area (TPSA) is 125 Å². The summed E-state index contributed by atoms with van der Waals surface area (Å²) < 4.78 is 6.04. The monoisotopic (exact) mass is 269 g/mol. The summed E-state index contributed by atoms with van der Waals surface area (Å²) in [5.74, 6) is 2.09.